The molecule has 2 heterocycles. The Kier molecular flexibility index (Phi) is 5.84. The summed E-state index contributed by atoms with van der Waals surface area (Å²) in [5, 5.41) is 3.41. The molecule has 0 saturated carbocycles. The van der Waals surface area contributed by atoms with Gasteiger partial charge in [0.15, 0.2) is 0 Å². The Bertz CT molecular complexity index is 393. The Balaban J connectivity index is 1.90. The van der Waals surface area contributed by atoms with Crippen molar-refractivity contribution in [3.05, 3.63) is 0 Å². The summed E-state index contributed by atoms with van der Waals surface area (Å²) in [6.45, 7) is 7.98. The first-order valence-electron chi connectivity index (χ1n) is 7.90. The van der Waals surface area contributed by atoms with Crippen molar-refractivity contribution in [1.29, 1.82) is 0 Å². The van der Waals surface area contributed by atoms with Crippen molar-refractivity contribution in [3.8, 4) is 0 Å². The average Bonchev–Trinajstić information content (AvgIpc) is 2.45. The maximum absolute atomic E-state index is 11.7. The highest BCUT2D eigenvalue weighted by atomic mass is 32.2. The third-order valence-corrected chi connectivity index (χ3v) is 5.94. The van der Waals surface area contributed by atoms with Crippen molar-refractivity contribution in [1.82, 2.24) is 14.5 Å². The first kappa shape index (κ1) is 16.2. The number of hydrogen-bond donors (Lipinski definition) is 1. The number of rotatable bonds is 5. The van der Waals surface area contributed by atoms with Crippen LogP contribution in [-0.4, -0.2) is 69.2 Å². The molecule has 0 aromatic heterocycles. The Morgan fingerprint density at radius 3 is 2.55 bits per heavy atom. The monoisotopic (exact) mass is 303 g/mol. The number of hydrogen-bond acceptors (Lipinski definition) is 4. The van der Waals surface area contributed by atoms with Crippen LogP contribution in [0.1, 0.15) is 32.6 Å². The van der Waals surface area contributed by atoms with Crippen molar-refractivity contribution in [2.24, 2.45) is 5.92 Å². The summed E-state index contributed by atoms with van der Waals surface area (Å²) in [6, 6.07) is 0.676. The zero-order valence-corrected chi connectivity index (χ0v) is 13.7. The van der Waals surface area contributed by atoms with Crippen LogP contribution in [0.5, 0.6) is 0 Å². The normalized spacial score (nSPS) is 27.1. The van der Waals surface area contributed by atoms with E-state index in [4.69, 9.17) is 0 Å². The van der Waals surface area contributed by atoms with Gasteiger partial charge in [0, 0.05) is 25.7 Å². The lowest BCUT2D eigenvalue weighted by Crippen LogP contribution is -2.48. The Morgan fingerprint density at radius 1 is 1.25 bits per heavy atom. The molecule has 0 radical (unpaired) electrons. The van der Waals surface area contributed by atoms with Gasteiger partial charge in [0.05, 0.1) is 6.26 Å². The second-order valence-corrected chi connectivity index (χ2v) is 8.18. The van der Waals surface area contributed by atoms with Crippen LogP contribution in [0.3, 0.4) is 0 Å². The molecule has 2 fully saturated rings. The zero-order chi connectivity index (χ0) is 14.6. The summed E-state index contributed by atoms with van der Waals surface area (Å²) in [5.74, 6) is 0.494. The Labute approximate surface area is 123 Å². The van der Waals surface area contributed by atoms with Crippen molar-refractivity contribution >= 4 is 10.0 Å². The van der Waals surface area contributed by atoms with Crippen molar-refractivity contribution < 1.29 is 8.42 Å². The second-order valence-electron chi connectivity index (χ2n) is 6.20. The van der Waals surface area contributed by atoms with E-state index in [2.05, 4.69) is 17.1 Å². The number of nitrogens with zero attached hydrogens (tertiary/aromatic N) is 2. The van der Waals surface area contributed by atoms with E-state index in [-0.39, 0.29) is 0 Å². The van der Waals surface area contributed by atoms with Crippen LogP contribution in [0, 0.1) is 5.92 Å². The Morgan fingerprint density at radius 2 is 1.95 bits per heavy atom. The minimum absolute atomic E-state index is 0.494. The smallest absolute Gasteiger partial charge is 0.211 e. The quantitative estimate of drug-likeness (QED) is 0.814. The zero-order valence-electron chi connectivity index (χ0n) is 12.8. The van der Waals surface area contributed by atoms with E-state index in [1.165, 1.54) is 19.1 Å². The van der Waals surface area contributed by atoms with Crippen LogP contribution in [0.2, 0.25) is 0 Å². The summed E-state index contributed by atoms with van der Waals surface area (Å²) in [6.07, 6.45) is 5.93. The van der Waals surface area contributed by atoms with E-state index >= 15 is 0 Å². The molecule has 2 rings (SSSR count). The average molecular weight is 303 g/mol. The molecule has 5 nitrogen and oxygen atoms in total. The largest absolute Gasteiger partial charge is 0.317 e. The minimum atomic E-state index is -3.02. The third kappa shape index (κ3) is 4.41. The molecule has 0 amide bonds. The van der Waals surface area contributed by atoms with Crippen LogP contribution in [0.15, 0.2) is 0 Å². The molecule has 0 spiro atoms. The van der Waals surface area contributed by atoms with E-state index in [0.717, 1.165) is 39.0 Å². The molecule has 20 heavy (non-hydrogen) atoms. The van der Waals surface area contributed by atoms with Gasteiger partial charge in [-0.2, -0.15) is 0 Å². The van der Waals surface area contributed by atoms with Gasteiger partial charge in [0.1, 0.15) is 0 Å². The minimum Gasteiger partial charge on any atom is -0.317 e. The van der Waals surface area contributed by atoms with Gasteiger partial charge in [0.25, 0.3) is 0 Å². The van der Waals surface area contributed by atoms with Crippen LogP contribution in [0.4, 0.5) is 0 Å². The molecule has 118 valence electrons. The standard InChI is InChI=1S/C14H29N3O2S/c1-3-16(14-6-8-15-9-7-14)11-13-5-4-10-17(12-13)20(2,18)19/h13-15H,3-12H2,1-2H3. The van der Waals surface area contributed by atoms with Gasteiger partial charge in [-0.25, -0.2) is 12.7 Å². The van der Waals surface area contributed by atoms with Gasteiger partial charge in [0.2, 0.25) is 10.0 Å². The topological polar surface area (TPSA) is 52.7 Å². The van der Waals surface area contributed by atoms with E-state index in [9.17, 15) is 8.42 Å². The fraction of sp³-hybridized carbons (Fsp3) is 1.00. The Hall–Kier alpha value is -0.170. The maximum atomic E-state index is 11.7. The van der Waals surface area contributed by atoms with Gasteiger partial charge in [-0.05, 0) is 51.2 Å². The number of piperidine rings is 2. The van der Waals surface area contributed by atoms with Gasteiger partial charge in [-0.15, -0.1) is 0 Å². The molecule has 6 heteroatoms. The molecule has 0 bridgehead atoms. The van der Waals surface area contributed by atoms with Crippen LogP contribution in [0.25, 0.3) is 0 Å². The molecule has 2 aliphatic heterocycles. The highest BCUT2D eigenvalue weighted by molar-refractivity contribution is 7.88. The number of nitrogens with one attached hydrogen (secondary N) is 1. The van der Waals surface area contributed by atoms with Crippen LogP contribution < -0.4 is 5.32 Å². The molecule has 1 N–H and O–H groups in total. The molecule has 2 saturated heterocycles. The molecule has 2 aliphatic rings. The van der Waals surface area contributed by atoms with Crippen molar-refractivity contribution in [2.75, 3.05) is 45.5 Å². The fourth-order valence-electron chi connectivity index (χ4n) is 3.52. The van der Waals surface area contributed by atoms with Crippen molar-refractivity contribution in [3.63, 3.8) is 0 Å². The molecule has 1 unspecified atom stereocenters. The summed E-state index contributed by atoms with van der Waals surface area (Å²) in [5.41, 5.74) is 0. The van der Waals surface area contributed by atoms with Gasteiger partial charge in [-0.3, -0.25) is 0 Å². The van der Waals surface area contributed by atoms with Gasteiger partial charge < -0.3 is 10.2 Å². The lowest BCUT2D eigenvalue weighted by Gasteiger charge is -2.39. The van der Waals surface area contributed by atoms with Crippen LogP contribution >= 0.6 is 0 Å². The molecule has 0 aromatic carbocycles. The highest BCUT2D eigenvalue weighted by Crippen LogP contribution is 2.22. The van der Waals surface area contributed by atoms with E-state index < -0.39 is 10.0 Å². The first-order valence-corrected chi connectivity index (χ1v) is 9.75. The second kappa shape index (κ2) is 7.20. The van der Waals surface area contributed by atoms with Crippen LogP contribution in [-0.2, 0) is 10.0 Å². The molecular formula is C14H29N3O2S. The predicted octanol–water partition coefficient (Wildman–Crippen LogP) is 0.732. The van der Waals surface area contributed by atoms with Gasteiger partial charge >= 0.3 is 0 Å². The predicted molar refractivity (Wildman–Crippen MR) is 82.3 cm³/mol. The number of sulfonamides is 1. The SMILES string of the molecule is CCN(CC1CCCN(S(C)(=O)=O)C1)C1CCNCC1. The lowest BCUT2D eigenvalue weighted by molar-refractivity contribution is 0.123. The summed E-state index contributed by atoms with van der Waals surface area (Å²) < 4.78 is 25.0. The lowest BCUT2D eigenvalue weighted by atomic mass is 9.96. The first-order chi connectivity index (χ1) is 9.50. The molecule has 1 atom stereocenters. The highest BCUT2D eigenvalue weighted by Gasteiger charge is 2.29. The van der Waals surface area contributed by atoms with Gasteiger partial charge in [-0.1, -0.05) is 6.92 Å². The molecular weight excluding hydrogens is 274 g/mol. The summed E-state index contributed by atoms with van der Waals surface area (Å²) in [4.78, 5) is 2.57. The third-order valence-electron chi connectivity index (χ3n) is 4.67. The van der Waals surface area contributed by atoms with E-state index in [1.807, 2.05) is 0 Å². The summed E-state index contributed by atoms with van der Waals surface area (Å²) >= 11 is 0. The molecule has 0 aromatic rings. The van der Waals surface area contributed by atoms with E-state index in [0.29, 0.717) is 25.0 Å². The molecule has 0 aliphatic carbocycles. The van der Waals surface area contributed by atoms with E-state index in [1.54, 1.807) is 4.31 Å². The fourth-order valence-corrected chi connectivity index (χ4v) is 4.46. The summed E-state index contributed by atoms with van der Waals surface area (Å²) in [7, 11) is -3.02. The maximum Gasteiger partial charge on any atom is 0.211 e. The van der Waals surface area contributed by atoms with Crippen molar-refractivity contribution in [2.45, 2.75) is 38.6 Å².